The highest BCUT2D eigenvalue weighted by molar-refractivity contribution is 6.01. The Balaban J connectivity index is 0.710. The fourth-order valence-electron chi connectivity index (χ4n) is 16.9. The first-order valence-electron chi connectivity index (χ1n) is 37.4. The summed E-state index contributed by atoms with van der Waals surface area (Å²) in [7, 11) is 0. The van der Waals surface area contributed by atoms with Gasteiger partial charge in [0.15, 0.2) is 0 Å². The van der Waals surface area contributed by atoms with Crippen LogP contribution >= 0.6 is 0 Å². The fourth-order valence-corrected chi connectivity index (χ4v) is 16.9. The van der Waals surface area contributed by atoms with Gasteiger partial charge in [-0.3, -0.25) is 0 Å². The molecule has 0 aliphatic heterocycles. The highest BCUT2D eigenvalue weighted by atomic mass is 16.5. The summed E-state index contributed by atoms with van der Waals surface area (Å²) < 4.78 is 12.4. The van der Waals surface area contributed by atoms with Gasteiger partial charge < -0.3 is 19.3 Å². The van der Waals surface area contributed by atoms with E-state index >= 15 is 0 Å². The zero-order chi connectivity index (χ0) is 70.1. The minimum Gasteiger partial charge on any atom is -0.377 e. The molecule has 0 radical (unpaired) electrons. The third-order valence-electron chi connectivity index (χ3n) is 22.1. The van der Waals surface area contributed by atoms with E-state index in [1.54, 1.807) is 0 Å². The zero-order valence-electron chi connectivity index (χ0n) is 59.4. The Hall–Kier alpha value is -11.4. The standard InChI is InChI=1S/C100H88N2O2/c1-3-73-45-49-75(50-46-73)71-103-67-25-7-5-23-65-99(81-33-11-9-12-34-81)93-41-21-19-39-89(93)91-63-61-85(69-95(91)99)101(97-43-27-31-79-29-15-17-37-87(79)97)83-57-53-77(54-58-83)78-55-59-84(60-56-78)102(98-44-28-32-80-30-16-18-38-88(80)98)86-62-64-92-90-40-20-22-42-94(90)100(96(92)70-86,82-35-13-10-14-36-82)66-24-6-8-26-68-104-72-76-51-47-74(4-2)48-52-76/h3-4,9-22,27-64,69-70H,1-2,5-8,23-26,65-68,71-72H2. The molecule has 16 rings (SSSR count). The summed E-state index contributed by atoms with van der Waals surface area (Å²) in [6.07, 6.45) is 14.4. The molecule has 2 aliphatic rings. The number of unbranched alkanes of at least 4 members (excludes halogenated alkanes) is 6. The van der Waals surface area contributed by atoms with Gasteiger partial charge in [-0.05, 0) is 186 Å². The van der Waals surface area contributed by atoms with Crippen molar-refractivity contribution in [3.8, 4) is 33.4 Å². The molecule has 0 bridgehead atoms. The maximum absolute atomic E-state index is 6.19. The minimum absolute atomic E-state index is 0.350. The maximum Gasteiger partial charge on any atom is 0.0716 e. The molecule has 0 N–H and O–H groups in total. The first-order valence-corrected chi connectivity index (χ1v) is 37.4. The van der Waals surface area contributed by atoms with E-state index in [1.807, 2.05) is 12.2 Å². The van der Waals surface area contributed by atoms with Crippen LogP contribution in [0.4, 0.5) is 34.1 Å². The molecule has 2 atom stereocenters. The quantitative estimate of drug-likeness (QED) is 0.0436. The van der Waals surface area contributed by atoms with Gasteiger partial charge in [-0.2, -0.15) is 0 Å². The fraction of sp³-hybridized carbons (Fsp3) is 0.160. The van der Waals surface area contributed by atoms with Crippen molar-refractivity contribution in [2.45, 2.75) is 88.3 Å². The molecule has 104 heavy (non-hydrogen) atoms. The number of rotatable bonds is 29. The van der Waals surface area contributed by atoms with Gasteiger partial charge in [0.05, 0.1) is 24.6 Å². The van der Waals surface area contributed by atoms with E-state index in [-0.39, 0.29) is 10.8 Å². The number of ether oxygens (including phenoxy) is 2. The van der Waals surface area contributed by atoms with Crippen LogP contribution in [0.2, 0.25) is 0 Å². The van der Waals surface area contributed by atoms with Crippen LogP contribution in [0.3, 0.4) is 0 Å². The predicted octanol–water partition coefficient (Wildman–Crippen LogP) is 26.8. The van der Waals surface area contributed by atoms with Crippen molar-refractivity contribution in [1.29, 1.82) is 0 Å². The Morgan fingerprint density at radius 1 is 0.288 bits per heavy atom. The summed E-state index contributed by atoms with van der Waals surface area (Å²) in [5.74, 6) is 0. The number of benzene rings is 14. The summed E-state index contributed by atoms with van der Waals surface area (Å²) in [5, 5.41) is 4.81. The van der Waals surface area contributed by atoms with Crippen molar-refractivity contribution in [2.24, 2.45) is 0 Å². The van der Waals surface area contributed by atoms with Gasteiger partial charge in [-0.15, -0.1) is 0 Å². The Morgan fingerprint density at radius 2 is 0.644 bits per heavy atom. The maximum atomic E-state index is 6.19. The Morgan fingerprint density at radius 3 is 1.07 bits per heavy atom. The lowest BCUT2D eigenvalue weighted by molar-refractivity contribution is 0.116. The molecule has 0 fully saturated rings. The van der Waals surface area contributed by atoms with Crippen molar-refractivity contribution in [1.82, 2.24) is 0 Å². The number of hydrogen-bond acceptors (Lipinski definition) is 4. The molecule has 0 saturated carbocycles. The molecule has 0 amide bonds. The van der Waals surface area contributed by atoms with Gasteiger partial charge in [0, 0.05) is 57.6 Å². The zero-order valence-corrected chi connectivity index (χ0v) is 59.4. The molecule has 4 nitrogen and oxygen atoms in total. The third-order valence-corrected chi connectivity index (χ3v) is 22.1. The lowest BCUT2D eigenvalue weighted by Gasteiger charge is -2.34. The highest BCUT2D eigenvalue weighted by Gasteiger charge is 2.46. The van der Waals surface area contributed by atoms with Gasteiger partial charge in [0.1, 0.15) is 0 Å². The Kier molecular flexibility index (Phi) is 19.8. The number of anilines is 6. The SMILES string of the molecule is C=Cc1ccc(COCCCCCCC2(c3ccccc3)c3ccccc3-c3ccc(N(c4ccc(-c5ccc(N(c6ccc7c(c6)C(CCCCCCOCc6ccc(C=C)cc6)(c6ccccc6)c6ccccc6-7)c6cccc7ccccc67)cc5)cc4)c4cccc5ccccc45)cc32)cc1. The molecular weight excluding hydrogens is 1260 g/mol. The molecule has 2 aliphatic carbocycles. The average Bonchev–Trinajstić information content (AvgIpc) is 1.55. The van der Waals surface area contributed by atoms with E-state index in [2.05, 4.69) is 351 Å². The highest BCUT2D eigenvalue weighted by Crippen LogP contribution is 2.59. The molecular formula is C100H88N2O2. The molecule has 510 valence electrons. The average molecular weight is 1350 g/mol. The van der Waals surface area contributed by atoms with E-state index in [1.165, 1.54) is 88.3 Å². The molecule has 0 saturated heterocycles. The largest absolute Gasteiger partial charge is 0.377 e. The number of nitrogens with zero attached hydrogens (tertiary/aromatic N) is 2. The molecule has 0 aromatic heterocycles. The summed E-state index contributed by atoms with van der Waals surface area (Å²) >= 11 is 0. The van der Waals surface area contributed by atoms with Gasteiger partial charge in [-0.25, -0.2) is 0 Å². The summed E-state index contributed by atoms with van der Waals surface area (Å²) in [4.78, 5) is 4.99. The molecule has 2 unspecified atom stereocenters. The van der Waals surface area contributed by atoms with Gasteiger partial charge in [0.25, 0.3) is 0 Å². The summed E-state index contributed by atoms with van der Waals surface area (Å²) in [6.45, 7) is 10.6. The number of hydrogen-bond donors (Lipinski definition) is 0. The van der Waals surface area contributed by atoms with E-state index < -0.39 is 0 Å². The molecule has 0 heterocycles. The van der Waals surface area contributed by atoms with Gasteiger partial charge >= 0.3 is 0 Å². The number of fused-ring (bicyclic) bond motifs is 8. The van der Waals surface area contributed by atoms with E-state index in [0.717, 1.165) is 134 Å². The molecule has 14 aromatic rings. The minimum atomic E-state index is -0.350. The second-order valence-electron chi connectivity index (χ2n) is 28.2. The second kappa shape index (κ2) is 30.7. The van der Waals surface area contributed by atoms with Crippen molar-refractivity contribution < 1.29 is 9.47 Å². The first-order chi connectivity index (χ1) is 51.5. The summed E-state index contributed by atoms with van der Waals surface area (Å²) in [6, 6.07) is 122. The first kappa shape index (κ1) is 67.1. The van der Waals surface area contributed by atoms with Crippen LogP contribution < -0.4 is 9.80 Å². The lowest BCUT2D eigenvalue weighted by atomic mass is 9.69. The molecule has 14 aromatic carbocycles. The van der Waals surface area contributed by atoms with Crippen LogP contribution in [-0.4, -0.2) is 13.2 Å². The van der Waals surface area contributed by atoms with Crippen LogP contribution in [0.15, 0.2) is 341 Å². The van der Waals surface area contributed by atoms with Crippen molar-refractivity contribution in [2.75, 3.05) is 23.0 Å². The second-order valence-corrected chi connectivity index (χ2v) is 28.2. The smallest absolute Gasteiger partial charge is 0.0716 e. The van der Waals surface area contributed by atoms with Gasteiger partial charge in [0.2, 0.25) is 0 Å². The van der Waals surface area contributed by atoms with Gasteiger partial charge in [-0.1, -0.05) is 331 Å². The summed E-state index contributed by atoms with van der Waals surface area (Å²) in [5.41, 5.74) is 26.4. The van der Waals surface area contributed by atoms with Crippen molar-refractivity contribution >= 4 is 67.8 Å². The Labute approximate surface area is 614 Å². The van der Waals surface area contributed by atoms with E-state index in [4.69, 9.17) is 9.47 Å². The van der Waals surface area contributed by atoms with Crippen molar-refractivity contribution in [3.63, 3.8) is 0 Å². The van der Waals surface area contributed by atoms with Crippen LogP contribution in [0, 0.1) is 0 Å². The Bertz CT molecular complexity index is 4970. The van der Waals surface area contributed by atoms with Crippen LogP contribution in [0.1, 0.15) is 120 Å². The lowest BCUT2D eigenvalue weighted by Crippen LogP contribution is -2.27. The molecule has 0 spiro atoms. The van der Waals surface area contributed by atoms with Crippen LogP contribution in [-0.2, 0) is 33.5 Å². The molecule has 4 heteroatoms. The van der Waals surface area contributed by atoms with Crippen LogP contribution in [0.25, 0.3) is 67.1 Å². The normalized spacial score (nSPS) is 14.7. The van der Waals surface area contributed by atoms with Crippen LogP contribution in [0.5, 0.6) is 0 Å². The predicted molar refractivity (Wildman–Crippen MR) is 438 cm³/mol. The third kappa shape index (κ3) is 13.2. The monoisotopic (exact) mass is 1350 g/mol. The van der Waals surface area contributed by atoms with E-state index in [9.17, 15) is 0 Å². The van der Waals surface area contributed by atoms with E-state index in [0.29, 0.717) is 13.2 Å². The topological polar surface area (TPSA) is 24.9 Å². The van der Waals surface area contributed by atoms with Crippen molar-refractivity contribution in [3.05, 3.63) is 396 Å².